The van der Waals surface area contributed by atoms with E-state index in [9.17, 15) is 18.0 Å². The van der Waals surface area contributed by atoms with E-state index in [-0.39, 0.29) is 18.2 Å². The van der Waals surface area contributed by atoms with Gasteiger partial charge in [-0.15, -0.1) is 0 Å². The number of hydrogen-bond donors (Lipinski definition) is 0. The number of carbonyl (C=O) groups is 1. The van der Waals surface area contributed by atoms with E-state index in [0.29, 0.717) is 13.0 Å². The summed E-state index contributed by atoms with van der Waals surface area (Å²) >= 11 is 0. The summed E-state index contributed by atoms with van der Waals surface area (Å²) in [6, 6.07) is 0. The maximum absolute atomic E-state index is 11.9. The summed E-state index contributed by atoms with van der Waals surface area (Å²) in [6.45, 7) is 0.447. The minimum absolute atomic E-state index is 0.0206. The molecular formula is C10H16F3NO. The highest BCUT2D eigenvalue weighted by Gasteiger charge is 2.29. The van der Waals surface area contributed by atoms with Crippen LogP contribution in [0.3, 0.4) is 0 Å². The van der Waals surface area contributed by atoms with Crippen molar-refractivity contribution < 1.29 is 18.0 Å². The molecule has 1 atom stereocenters. The molecule has 0 heterocycles. The third-order valence-electron chi connectivity index (χ3n) is 2.74. The van der Waals surface area contributed by atoms with E-state index in [4.69, 9.17) is 0 Å². The highest BCUT2D eigenvalue weighted by molar-refractivity contribution is 5.83. The van der Waals surface area contributed by atoms with Crippen LogP contribution in [0, 0.1) is 5.92 Å². The van der Waals surface area contributed by atoms with Gasteiger partial charge in [0.15, 0.2) is 0 Å². The summed E-state index contributed by atoms with van der Waals surface area (Å²) in [5.74, 6) is 0.164. The van der Waals surface area contributed by atoms with Crippen molar-refractivity contribution in [1.29, 1.82) is 0 Å². The van der Waals surface area contributed by atoms with Crippen LogP contribution >= 0.6 is 0 Å². The lowest BCUT2D eigenvalue weighted by Gasteiger charge is -2.20. The van der Waals surface area contributed by atoms with Crippen LogP contribution in [0.1, 0.15) is 25.7 Å². The van der Waals surface area contributed by atoms with E-state index >= 15 is 0 Å². The highest BCUT2D eigenvalue weighted by Crippen LogP contribution is 2.23. The lowest BCUT2D eigenvalue weighted by Crippen LogP contribution is -2.30. The SMILES string of the molecule is CN(CCC(F)(F)F)CC1CCCC1=O. The van der Waals surface area contributed by atoms with Gasteiger partial charge in [-0.25, -0.2) is 0 Å². The molecule has 1 saturated carbocycles. The average Bonchev–Trinajstić information content (AvgIpc) is 2.47. The Kier molecular flexibility index (Phi) is 4.13. The Morgan fingerprint density at radius 1 is 1.47 bits per heavy atom. The first-order chi connectivity index (χ1) is 6.88. The first kappa shape index (κ1) is 12.5. The molecule has 0 radical (unpaired) electrons. The smallest absolute Gasteiger partial charge is 0.305 e. The Balaban J connectivity index is 2.23. The van der Waals surface area contributed by atoms with Crippen molar-refractivity contribution in [2.75, 3.05) is 20.1 Å². The molecule has 0 aromatic carbocycles. The van der Waals surface area contributed by atoms with Gasteiger partial charge in [0.05, 0.1) is 6.42 Å². The van der Waals surface area contributed by atoms with E-state index in [1.54, 1.807) is 11.9 Å². The Hall–Kier alpha value is -0.580. The van der Waals surface area contributed by atoms with Crippen molar-refractivity contribution in [3.8, 4) is 0 Å². The third-order valence-corrected chi connectivity index (χ3v) is 2.74. The van der Waals surface area contributed by atoms with Gasteiger partial charge in [-0.2, -0.15) is 13.2 Å². The normalized spacial score (nSPS) is 22.7. The number of ketones is 1. The number of Topliss-reactive ketones (excluding diaryl/α,β-unsaturated/α-hetero) is 1. The van der Waals surface area contributed by atoms with Gasteiger partial charge >= 0.3 is 6.18 Å². The molecule has 88 valence electrons. The van der Waals surface area contributed by atoms with E-state index in [1.165, 1.54) is 0 Å². The lowest BCUT2D eigenvalue weighted by molar-refractivity contribution is -0.137. The summed E-state index contributed by atoms with van der Waals surface area (Å²) in [5, 5.41) is 0. The largest absolute Gasteiger partial charge is 0.390 e. The minimum atomic E-state index is -4.10. The van der Waals surface area contributed by atoms with Gasteiger partial charge in [0.2, 0.25) is 0 Å². The molecule has 1 aliphatic rings. The van der Waals surface area contributed by atoms with Gasteiger partial charge in [-0.3, -0.25) is 4.79 Å². The lowest BCUT2D eigenvalue weighted by atomic mass is 10.1. The van der Waals surface area contributed by atoms with Crippen LogP contribution in [-0.4, -0.2) is 37.0 Å². The molecule has 0 aliphatic heterocycles. The summed E-state index contributed by atoms with van der Waals surface area (Å²) in [4.78, 5) is 12.9. The molecular weight excluding hydrogens is 207 g/mol. The van der Waals surface area contributed by atoms with Crippen LogP contribution in [0.2, 0.25) is 0 Å². The summed E-state index contributed by atoms with van der Waals surface area (Å²) in [7, 11) is 1.64. The zero-order valence-corrected chi connectivity index (χ0v) is 8.81. The molecule has 1 fully saturated rings. The Morgan fingerprint density at radius 3 is 2.60 bits per heavy atom. The quantitative estimate of drug-likeness (QED) is 0.728. The molecule has 5 heteroatoms. The van der Waals surface area contributed by atoms with Gasteiger partial charge in [0, 0.05) is 25.4 Å². The van der Waals surface area contributed by atoms with Gasteiger partial charge in [-0.1, -0.05) is 0 Å². The van der Waals surface area contributed by atoms with Gasteiger partial charge in [0.25, 0.3) is 0 Å². The first-order valence-electron chi connectivity index (χ1n) is 5.16. The van der Waals surface area contributed by atoms with Crippen molar-refractivity contribution in [3.05, 3.63) is 0 Å². The number of alkyl halides is 3. The molecule has 0 saturated heterocycles. The number of rotatable bonds is 4. The van der Waals surface area contributed by atoms with Crippen molar-refractivity contribution in [3.63, 3.8) is 0 Å². The molecule has 0 aromatic rings. The number of halogens is 3. The zero-order valence-electron chi connectivity index (χ0n) is 8.81. The topological polar surface area (TPSA) is 20.3 Å². The molecule has 1 aliphatic carbocycles. The molecule has 0 N–H and O–H groups in total. The van der Waals surface area contributed by atoms with E-state index in [1.807, 2.05) is 0 Å². The number of carbonyl (C=O) groups excluding carboxylic acids is 1. The van der Waals surface area contributed by atoms with E-state index in [0.717, 1.165) is 12.8 Å². The molecule has 15 heavy (non-hydrogen) atoms. The van der Waals surface area contributed by atoms with Gasteiger partial charge in [0.1, 0.15) is 5.78 Å². The monoisotopic (exact) mass is 223 g/mol. The third kappa shape index (κ3) is 4.64. The second kappa shape index (κ2) is 4.96. The van der Waals surface area contributed by atoms with E-state index in [2.05, 4.69) is 0 Å². The van der Waals surface area contributed by atoms with Crippen molar-refractivity contribution in [2.45, 2.75) is 31.9 Å². The van der Waals surface area contributed by atoms with Gasteiger partial charge in [-0.05, 0) is 19.9 Å². The predicted octanol–water partition coefficient (Wildman–Crippen LogP) is 2.24. The molecule has 1 unspecified atom stereocenters. The fourth-order valence-corrected chi connectivity index (χ4v) is 1.87. The van der Waals surface area contributed by atoms with Crippen LogP contribution in [0.5, 0.6) is 0 Å². The molecule has 0 spiro atoms. The van der Waals surface area contributed by atoms with Crippen LogP contribution in [-0.2, 0) is 4.79 Å². The molecule has 0 amide bonds. The maximum atomic E-state index is 11.9. The second-order valence-electron chi connectivity index (χ2n) is 4.18. The molecule has 1 rings (SSSR count). The fraction of sp³-hybridized carbons (Fsp3) is 0.900. The second-order valence-corrected chi connectivity index (χ2v) is 4.18. The Morgan fingerprint density at radius 2 is 2.13 bits per heavy atom. The highest BCUT2D eigenvalue weighted by atomic mass is 19.4. The number of hydrogen-bond acceptors (Lipinski definition) is 2. The van der Waals surface area contributed by atoms with E-state index < -0.39 is 12.6 Å². The van der Waals surface area contributed by atoms with Crippen LogP contribution < -0.4 is 0 Å². The average molecular weight is 223 g/mol. The molecule has 2 nitrogen and oxygen atoms in total. The Labute approximate surface area is 87.4 Å². The first-order valence-corrected chi connectivity index (χ1v) is 5.16. The molecule has 0 aromatic heterocycles. The van der Waals surface area contributed by atoms with Crippen molar-refractivity contribution >= 4 is 5.78 Å². The molecule has 0 bridgehead atoms. The van der Waals surface area contributed by atoms with Crippen LogP contribution in [0.25, 0.3) is 0 Å². The van der Waals surface area contributed by atoms with Crippen LogP contribution in [0.15, 0.2) is 0 Å². The maximum Gasteiger partial charge on any atom is 0.390 e. The zero-order chi connectivity index (χ0) is 11.5. The van der Waals surface area contributed by atoms with Crippen LogP contribution in [0.4, 0.5) is 13.2 Å². The van der Waals surface area contributed by atoms with Crippen molar-refractivity contribution in [2.24, 2.45) is 5.92 Å². The summed E-state index contributed by atoms with van der Waals surface area (Å²) in [5.41, 5.74) is 0. The summed E-state index contributed by atoms with van der Waals surface area (Å²) < 4.78 is 35.7. The predicted molar refractivity (Wildman–Crippen MR) is 50.5 cm³/mol. The van der Waals surface area contributed by atoms with Crippen molar-refractivity contribution in [1.82, 2.24) is 4.90 Å². The minimum Gasteiger partial charge on any atom is -0.305 e. The number of nitrogens with zero attached hydrogens (tertiary/aromatic N) is 1. The standard InChI is InChI=1S/C10H16F3NO/c1-14(6-5-10(11,12)13)7-8-3-2-4-9(8)15/h8H,2-7H2,1H3. The summed E-state index contributed by atoms with van der Waals surface area (Å²) in [6.07, 6.45) is -2.60. The fourth-order valence-electron chi connectivity index (χ4n) is 1.87. The van der Waals surface area contributed by atoms with Gasteiger partial charge < -0.3 is 4.90 Å². The Bertz CT molecular complexity index is 227.